The molecule has 5 nitrogen and oxygen atoms in total. The van der Waals surface area contributed by atoms with E-state index in [-0.39, 0.29) is 11.1 Å². The lowest BCUT2D eigenvalue weighted by Crippen LogP contribution is -2.28. The monoisotopic (exact) mass is 307 g/mol. The van der Waals surface area contributed by atoms with E-state index in [1.165, 1.54) is 4.57 Å². The lowest BCUT2D eigenvalue weighted by atomic mass is 10.1. The predicted octanol–water partition coefficient (Wildman–Crippen LogP) is 2.75. The van der Waals surface area contributed by atoms with Crippen LogP contribution >= 0.6 is 0 Å². The van der Waals surface area contributed by atoms with Crippen LogP contribution in [0.2, 0.25) is 0 Å². The van der Waals surface area contributed by atoms with Crippen molar-refractivity contribution in [2.24, 2.45) is 7.05 Å². The minimum absolute atomic E-state index is 0.110. The molecule has 3 rings (SSSR count). The molecule has 0 atom stereocenters. The zero-order chi connectivity index (χ0) is 16.4. The third-order valence-corrected chi connectivity index (χ3v) is 3.86. The zero-order valence-electron chi connectivity index (χ0n) is 13.0. The molecule has 116 valence electrons. The number of carbonyl (C=O) groups is 1. The number of amides is 1. The fraction of sp³-hybridized carbons (Fsp3) is 0.167. The van der Waals surface area contributed by atoms with Gasteiger partial charge in [-0.05, 0) is 36.2 Å². The van der Waals surface area contributed by atoms with Crippen LogP contribution in [0.3, 0.4) is 0 Å². The van der Waals surface area contributed by atoms with Gasteiger partial charge in [-0.2, -0.15) is 0 Å². The van der Waals surface area contributed by atoms with Gasteiger partial charge in [-0.25, -0.2) is 4.98 Å². The second kappa shape index (κ2) is 6.04. The molecule has 0 saturated carbocycles. The number of hydrogen-bond acceptors (Lipinski definition) is 3. The first-order chi connectivity index (χ1) is 11.1. The van der Waals surface area contributed by atoms with Gasteiger partial charge >= 0.3 is 0 Å². The molecule has 0 aliphatic heterocycles. The summed E-state index contributed by atoms with van der Waals surface area (Å²) in [6, 6.07) is 12.8. The van der Waals surface area contributed by atoms with E-state index in [2.05, 4.69) is 10.3 Å². The van der Waals surface area contributed by atoms with E-state index < -0.39 is 5.91 Å². The van der Waals surface area contributed by atoms with Gasteiger partial charge in [0.1, 0.15) is 11.2 Å². The maximum absolute atomic E-state index is 12.6. The zero-order valence-corrected chi connectivity index (χ0v) is 13.0. The average molecular weight is 307 g/mol. The average Bonchev–Trinajstić information content (AvgIpc) is 2.58. The normalized spacial score (nSPS) is 10.7. The summed E-state index contributed by atoms with van der Waals surface area (Å²) in [7, 11) is 1.62. The summed E-state index contributed by atoms with van der Waals surface area (Å²) < 4.78 is 1.40. The number of aromatic nitrogens is 2. The number of anilines is 1. The maximum Gasteiger partial charge on any atom is 0.264 e. The van der Waals surface area contributed by atoms with Crippen molar-refractivity contribution in [1.29, 1.82) is 0 Å². The molecule has 23 heavy (non-hydrogen) atoms. The molecule has 1 N–H and O–H groups in total. The van der Waals surface area contributed by atoms with Crippen LogP contribution in [0.1, 0.15) is 22.8 Å². The Labute approximate surface area is 133 Å². The summed E-state index contributed by atoms with van der Waals surface area (Å²) in [6.07, 6.45) is 2.43. The van der Waals surface area contributed by atoms with E-state index in [0.29, 0.717) is 5.65 Å². The van der Waals surface area contributed by atoms with Crippen LogP contribution in [0.15, 0.2) is 53.5 Å². The Balaban J connectivity index is 2.05. The molecule has 0 bridgehead atoms. The van der Waals surface area contributed by atoms with Crippen molar-refractivity contribution in [3.8, 4) is 0 Å². The van der Waals surface area contributed by atoms with Crippen LogP contribution < -0.4 is 10.9 Å². The van der Waals surface area contributed by atoms with Crippen molar-refractivity contribution >= 4 is 22.6 Å². The molecule has 2 aromatic heterocycles. The second-order valence-corrected chi connectivity index (χ2v) is 5.30. The Morgan fingerprint density at radius 1 is 1.22 bits per heavy atom. The molecule has 0 aliphatic carbocycles. The minimum atomic E-state index is -0.405. The van der Waals surface area contributed by atoms with E-state index in [0.717, 1.165) is 23.1 Å². The maximum atomic E-state index is 12.6. The van der Waals surface area contributed by atoms with Crippen LogP contribution in [-0.2, 0) is 13.5 Å². The fourth-order valence-corrected chi connectivity index (χ4v) is 2.60. The summed E-state index contributed by atoms with van der Waals surface area (Å²) in [5.74, 6) is -0.405. The van der Waals surface area contributed by atoms with Crippen molar-refractivity contribution in [3.05, 3.63) is 70.1 Å². The molecule has 0 unspecified atom stereocenters. The molecular weight excluding hydrogens is 290 g/mol. The molecule has 0 fully saturated rings. The molecule has 3 aromatic rings. The number of nitrogens with one attached hydrogen (secondary N) is 1. The molecule has 0 saturated heterocycles. The van der Waals surface area contributed by atoms with E-state index in [4.69, 9.17) is 0 Å². The Kier molecular flexibility index (Phi) is 3.93. The third kappa shape index (κ3) is 2.73. The van der Waals surface area contributed by atoms with Gasteiger partial charge < -0.3 is 5.32 Å². The Hall–Kier alpha value is -2.95. The van der Waals surface area contributed by atoms with Crippen LogP contribution in [0.4, 0.5) is 5.69 Å². The molecule has 0 spiro atoms. The smallest absolute Gasteiger partial charge is 0.264 e. The van der Waals surface area contributed by atoms with Gasteiger partial charge in [0, 0.05) is 24.3 Å². The van der Waals surface area contributed by atoms with Crippen molar-refractivity contribution in [3.63, 3.8) is 0 Å². The Morgan fingerprint density at radius 3 is 2.78 bits per heavy atom. The van der Waals surface area contributed by atoms with E-state index in [1.807, 2.05) is 37.3 Å². The van der Waals surface area contributed by atoms with E-state index in [9.17, 15) is 9.59 Å². The summed E-state index contributed by atoms with van der Waals surface area (Å²) >= 11 is 0. The van der Waals surface area contributed by atoms with E-state index >= 15 is 0 Å². The lowest BCUT2D eigenvalue weighted by molar-refractivity contribution is 0.102. The first-order valence-corrected chi connectivity index (χ1v) is 7.46. The SMILES string of the molecule is CCc1ccccc1NC(=O)c1cc2cccnc2n(C)c1=O. The molecule has 1 amide bonds. The second-order valence-electron chi connectivity index (χ2n) is 5.30. The fourth-order valence-electron chi connectivity index (χ4n) is 2.60. The summed E-state index contributed by atoms with van der Waals surface area (Å²) in [5, 5.41) is 3.59. The molecule has 2 heterocycles. The van der Waals surface area contributed by atoms with Gasteiger partial charge in [0.05, 0.1) is 0 Å². The highest BCUT2D eigenvalue weighted by atomic mass is 16.2. The van der Waals surface area contributed by atoms with Crippen LogP contribution in [-0.4, -0.2) is 15.5 Å². The van der Waals surface area contributed by atoms with E-state index in [1.54, 1.807) is 25.4 Å². The first-order valence-electron chi connectivity index (χ1n) is 7.46. The van der Waals surface area contributed by atoms with Crippen molar-refractivity contribution in [2.75, 3.05) is 5.32 Å². The summed E-state index contributed by atoms with van der Waals surface area (Å²) in [5.41, 5.74) is 2.07. The number of fused-ring (bicyclic) bond motifs is 1. The van der Waals surface area contributed by atoms with Gasteiger partial charge in [0.2, 0.25) is 0 Å². The first kappa shape index (κ1) is 15.0. The molecule has 0 radical (unpaired) electrons. The number of para-hydroxylation sites is 1. The van der Waals surface area contributed by atoms with Crippen molar-refractivity contribution in [2.45, 2.75) is 13.3 Å². The third-order valence-electron chi connectivity index (χ3n) is 3.86. The Morgan fingerprint density at radius 2 is 2.00 bits per heavy atom. The summed E-state index contributed by atoms with van der Waals surface area (Å²) in [6.45, 7) is 2.02. The largest absolute Gasteiger partial charge is 0.322 e. The van der Waals surface area contributed by atoms with Gasteiger partial charge in [0.15, 0.2) is 0 Å². The number of rotatable bonds is 3. The highest BCUT2D eigenvalue weighted by molar-refractivity contribution is 6.05. The number of hydrogen-bond donors (Lipinski definition) is 1. The van der Waals surface area contributed by atoms with Crippen LogP contribution in [0.5, 0.6) is 0 Å². The predicted molar refractivity (Wildman–Crippen MR) is 90.8 cm³/mol. The number of benzene rings is 1. The van der Waals surface area contributed by atoms with Gasteiger partial charge in [-0.15, -0.1) is 0 Å². The van der Waals surface area contributed by atoms with Crippen LogP contribution in [0, 0.1) is 0 Å². The van der Waals surface area contributed by atoms with Crippen molar-refractivity contribution in [1.82, 2.24) is 9.55 Å². The minimum Gasteiger partial charge on any atom is -0.322 e. The van der Waals surface area contributed by atoms with Crippen LogP contribution in [0.25, 0.3) is 11.0 Å². The summed E-state index contributed by atoms with van der Waals surface area (Å²) in [4.78, 5) is 29.2. The number of pyridine rings is 2. The molecular formula is C18H17N3O2. The Bertz CT molecular complexity index is 944. The molecule has 5 heteroatoms. The highest BCUT2D eigenvalue weighted by Crippen LogP contribution is 2.17. The quantitative estimate of drug-likeness (QED) is 0.809. The van der Waals surface area contributed by atoms with Gasteiger partial charge in [-0.3, -0.25) is 14.2 Å². The van der Waals surface area contributed by atoms with Gasteiger partial charge in [0.25, 0.3) is 11.5 Å². The number of nitrogens with zero attached hydrogens (tertiary/aromatic N) is 2. The van der Waals surface area contributed by atoms with Gasteiger partial charge in [-0.1, -0.05) is 25.1 Å². The molecule has 0 aliphatic rings. The topological polar surface area (TPSA) is 64.0 Å². The standard InChI is InChI=1S/C18H17N3O2/c1-3-12-7-4-5-9-15(12)20-17(22)14-11-13-8-6-10-19-16(13)21(2)18(14)23/h4-11H,3H2,1-2H3,(H,20,22). The number of aryl methyl sites for hydroxylation is 2. The highest BCUT2D eigenvalue weighted by Gasteiger charge is 2.15. The van der Waals surface area contributed by atoms with Crippen molar-refractivity contribution < 1.29 is 4.79 Å². The lowest BCUT2D eigenvalue weighted by Gasteiger charge is -2.11. The molecule has 1 aromatic carbocycles. The number of carbonyl (C=O) groups excluding carboxylic acids is 1.